The Morgan fingerprint density at radius 2 is 1.88 bits per heavy atom. The Bertz CT molecular complexity index is 588. The van der Waals surface area contributed by atoms with Gasteiger partial charge in [0, 0.05) is 12.6 Å². The van der Waals surface area contributed by atoms with Gasteiger partial charge in [-0.3, -0.25) is 9.78 Å². The lowest BCUT2D eigenvalue weighted by Crippen LogP contribution is -1.98. The van der Waals surface area contributed by atoms with E-state index in [2.05, 4.69) is 9.97 Å². The second kappa shape index (κ2) is 3.91. The van der Waals surface area contributed by atoms with Gasteiger partial charge in [-0.1, -0.05) is 0 Å². The van der Waals surface area contributed by atoms with Gasteiger partial charge in [0.25, 0.3) is 0 Å². The number of rotatable bonds is 3. The highest BCUT2D eigenvalue weighted by molar-refractivity contribution is 5.94. The van der Waals surface area contributed by atoms with Crippen LogP contribution in [0.25, 0.3) is 11.0 Å². The predicted octanol–water partition coefficient (Wildman–Crippen LogP) is 2.78. The van der Waals surface area contributed by atoms with Crippen molar-refractivity contribution in [3.63, 3.8) is 0 Å². The Labute approximate surface area is 99.9 Å². The van der Waals surface area contributed by atoms with E-state index >= 15 is 0 Å². The maximum absolute atomic E-state index is 11.2. The third kappa shape index (κ3) is 2.18. The lowest BCUT2D eigenvalue weighted by molar-refractivity contribution is 0.101. The molecule has 17 heavy (non-hydrogen) atoms. The van der Waals surface area contributed by atoms with Crippen LogP contribution < -0.4 is 0 Å². The molecule has 0 atom stereocenters. The summed E-state index contributed by atoms with van der Waals surface area (Å²) in [5.74, 6) is 0.832. The summed E-state index contributed by atoms with van der Waals surface area (Å²) in [5.41, 5.74) is 3.33. The molecule has 0 unspecified atom stereocenters. The Hall–Kier alpha value is -1.77. The van der Waals surface area contributed by atoms with Crippen LogP contribution >= 0.6 is 0 Å². The van der Waals surface area contributed by atoms with Gasteiger partial charge in [-0.25, -0.2) is 4.98 Å². The molecule has 0 aromatic carbocycles. The predicted molar refractivity (Wildman–Crippen MR) is 66.0 cm³/mol. The van der Waals surface area contributed by atoms with Crippen molar-refractivity contribution in [3.05, 3.63) is 35.7 Å². The van der Waals surface area contributed by atoms with E-state index in [-0.39, 0.29) is 5.78 Å². The van der Waals surface area contributed by atoms with E-state index in [1.165, 1.54) is 19.8 Å². The molecule has 0 aliphatic heterocycles. The molecular formula is C14H14N2O. The smallest absolute Gasteiger partial charge is 0.178 e. The maximum atomic E-state index is 11.2. The SMILES string of the molecule is CC(=O)c1ccc2nc(CC3CC3)ccc2n1. The van der Waals surface area contributed by atoms with Crippen LogP contribution in [0.1, 0.15) is 35.9 Å². The number of carbonyl (C=O) groups is 1. The zero-order valence-corrected chi connectivity index (χ0v) is 9.81. The van der Waals surface area contributed by atoms with E-state index in [0.29, 0.717) is 5.69 Å². The second-order valence-corrected chi connectivity index (χ2v) is 4.74. The molecule has 1 aliphatic carbocycles. The first-order valence-corrected chi connectivity index (χ1v) is 6.00. The van der Waals surface area contributed by atoms with E-state index < -0.39 is 0 Å². The Balaban J connectivity index is 1.99. The molecule has 3 rings (SSSR count). The summed E-state index contributed by atoms with van der Waals surface area (Å²) in [7, 11) is 0. The van der Waals surface area contributed by atoms with Crippen molar-refractivity contribution in [2.45, 2.75) is 26.2 Å². The summed E-state index contributed by atoms with van der Waals surface area (Å²) >= 11 is 0. The second-order valence-electron chi connectivity index (χ2n) is 4.74. The third-order valence-corrected chi connectivity index (χ3v) is 3.16. The van der Waals surface area contributed by atoms with E-state index in [4.69, 9.17) is 0 Å². The number of pyridine rings is 2. The molecule has 0 radical (unpaired) electrons. The fourth-order valence-corrected chi connectivity index (χ4v) is 1.98. The van der Waals surface area contributed by atoms with Gasteiger partial charge in [0.05, 0.1) is 11.0 Å². The van der Waals surface area contributed by atoms with Crippen molar-refractivity contribution < 1.29 is 4.79 Å². The highest BCUT2D eigenvalue weighted by Crippen LogP contribution is 2.32. The number of nitrogens with zero attached hydrogens (tertiary/aromatic N) is 2. The topological polar surface area (TPSA) is 42.9 Å². The summed E-state index contributed by atoms with van der Waals surface area (Å²) in [4.78, 5) is 20.1. The van der Waals surface area contributed by atoms with Crippen LogP contribution in [0.3, 0.4) is 0 Å². The number of carbonyl (C=O) groups excluding carboxylic acids is 1. The molecule has 3 heteroatoms. The monoisotopic (exact) mass is 226 g/mol. The highest BCUT2D eigenvalue weighted by atomic mass is 16.1. The summed E-state index contributed by atoms with van der Waals surface area (Å²) in [6.45, 7) is 1.53. The number of hydrogen-bond donors (Lipinski definition) is 0. The first kappa shape index (κ1) is 10.4. The van der Waals surface area contributed by atoms with Gasteiger partial charge in [0.15, 0.2) is 5.78 Å². The molecule has 0 amide bonds. The zero-order valence-electron chi connectivity index (χ0n) is 9.81. The van der Waals surface area contributed by atoms with Crippen LogP contribution in [0.2, 0.25) is 0 Å². The molecule has 1 aliphatic rings. The lowest BCUT2D eigenvalue weighted by Gasteiger charge is -2.02. The maximum Gasteiger partial charge on any atom is 0.178 e. The summed E-state index contributed by atoms with van der Waals surface area (Å²) in [6, 6.07) is 7.62. The normalized spacial score (nSPS) is 15.1. The number of fused-ring (bicyclic) bond motifs is 1. The molecular weight excluding hydrogens is 212 g/mol. The van der Waals surface area contributed by atoms with E-state index in [0.717, 1.165) is 29.1 Å². The van der Waals surface area contributed by atoms with Crippen LogP contribution in [-0.4, -0.2) is 15.8 Å². The first-order chi connectivity index (χ1) is 8.22. The minimum Gasteiger partial charge on any atom is -0.293 e. The van der Waals surface area contributed by atoms with Gasteiger partial charge in [-0.15, -0.1) is 0 Å². The van der Waals surface area contributed by atoms with Crippen LogP contribution in [0.15, 0.2) is 24.3 Å². The van der Waals surface area contributed by atoms with Gasteiger partial charge >= 0.3 is 0 Å². The van der Waals surface area contributed by atoms with Crippen LogP contribution in [-0.2, 0) is 6.42 Å². The molecule has 2 aromatic heterocycles. The van der Waals surface area contributed by atoms with Gasteiger partial charge in [0.1, 0.15) is 5.69 Å². The van der Waals surface area contributed by atoms with Gasteiger partial charge in [-0.2, -0.15) is 0 Å². The van der Waals surface area contributed by atoms with Crippen molar-refractivity contribution in [1.29, 1.82) is 0 Å². The molecule has 0 N–H and O–H groups in total. The Morgan fingerprint density at radius 1 is 1.18 bits per heavy atom. The zero-order chi connectivity index (χ0) is 11.8. The molecule has 3 nitrogen and oxygen atoms in total. The van der Waals surface area contributed by atoms with Crippen molar-refractivity contribution in [1.82, 2.24) is 9.97 Å². The lowest BCUT2D eigenvalue weighted by atomic mass is 10.2. The van der Waals surface area contributed by atoms with Crippen LogP contribution in [0.5, 0.6) is 0 Å². The number of Topliss-reactive ketones (excluding diaryl/α,β-unsaturated/α-hetero) is 1. The van der Waals surface area contributed by atoms with Gasteiger partial charge in [-0.05, 0) is 49.4 Å². The van der Waals surface area contributed by atoms with Crippen molar-refractivity contribution in [2.75, 3.05) is 0 Å². The number of ketones is 1. The average molecular weight is 226 g/mol. The van der Waals surface area contributed by atoms with Gasteiger partial charge < -0.3 is 0 Å². The molecule has 1 fully saturated rings. The molecule has 2 aromatic rings. The fourth-order valence-electron chi connectivity index (χ4n) is 1.98. The summed E-state index contributed by atoms with van der Waals surface area (Å²) in [5, 5.41) is 0. The average Bonchev–Trinajstić information content (AvgIpc) is 3.12. The quantitative estimate of drug-likeness (QED) is 0.756. The molecule has 1 saturated carbocycles. The highest BCUT2D eigenvalue weighted by Gasteiger charge is 2.22. The molecule has 0 bridgehead atoms. The fraction of sp³-hybridized carbons (Fsp3) is 0.357. The van der Waals surface area contributed by atoms with Gasteiger partial charge in [0.2, 0.25) is 0 Å². The number of hydrogen-bond acceptors (Lipinski definition) is 3. The van der Waals surface area contributed by atoms with Crippen molar-refractivity contribution >= 4 is 16.8 Å². The minimum absolute atomic E-state index is 0.00560. The van der Waals surface area contributed by atoms with E-state index in [1.54, 1.807) is 6.07 Å². The molecule has 2 heterocycles. The number of aromatic nitrogens is 2. The summed E-state index contributed by atoms with van der Waals surface area (Å²) in [6.07, 6.45) is 3.74. The standard InChI is InChI=1S/C14H14N2O/c1-9(17)12-6-7-13-14(16-12)5-4-11(15-13)8-10-2-3-10/h4-7,10H,2-3,8H2,1H3. The minimum atomic E-state index is -0.00560. The van der Waals surface area contributed by atoms with Crippen molar-refractivity contribution in [2.24, 2.45) is 5.92 Å². The third-order valence-electron chi connectivity index (χ3n) is 3.16. The van der Waals surface area contributed by atoms with Crippen LogP contribution in [0, 0.1) is 5.92 Å². The largest absolute Gasteiger partial charge is 0.293 e. The van der Waals surface area contributed by atoms with E-state index in [1.807, 2.05) is 18.2 Å². The molecule has 0 spiro atoms. The first-order valence-electron chi connectivity index (χ1n) is 6.00. The Kier molecular flexibility index (Phi) is 2.39. The molecule has 0 saturated heterocycles. The molecule has 86 valence electrons. The van der Waals surface area contributed by atoms with Crippen LogP contribution in [0.4, 0.5) is 0 Å². The van der Waals surface area contributed by atoms with Crippen molar-refractivity contribution in [3.8, 4) is 0 Å². The van der Waals surface area contributed by atoms with E-state index in [9.17, 15) is 4.79 Å². The summed E-state index contributed by atoms with van der Waals surface area (Å²) < 4.78 is 0. The Morgan fingerprint density at radius 3 is 2.59 bits per heavy atom.